The molecule has 0 radical (unpaired) electrons. The van der Waals surface area contributed by atoms with Gasteiger partial charge in [0.15, 0.2) is 0 Å². The average Bonchev–Trinajstić information content (AvgIpc) is 3.88. The number of piperidine rings is 1. The average molecular weight is 1130 g/mol. The van der Waals surface area contributed by atoms with E-state index in [1.165, 1.54) is 34.8 Å². The van der Waals surface area contributed by atoms with Crippen molar-refractivity contribution >= 4 is 74.7 Å². The molecule has 2 saturated heterocycles. The highest BCUT2D eigenvalue weighted by atomic mass is 35.5. The third-order valence-electron chi connectivity index (χ3n) is 14.7. The molecule has 1 aromatic heterocycles. The van der Waals surface area contributed by atoms with E-state index >= 15 is 4.57 Å². The van der Waals surface area contributed by atoms with Gasteiger partial charge in [0, 0.05) is 102 Å². The molecule has 4 heterocycles. The number of sulfone groups is 1. The van der Waals surface area contributed by atoms with Gasteiger partial charge in [-0.3, -0.25) is 4.67 Å². The van der Waals surface area contributed by atoms with Crippen molar-refractivity contribution in [3.63, 3.8) is 0 Å². The number of piperazine rings is 1. The zero-order valence-corrected chi connectivity index (χ0v) is 46.4. The van der Waals surface area contributed by atoms with E-state index in [1.54, 1.807) is 30.3 Å². The number of anilines is 4. The molecular weight excluding hydrogens is 1070 g/mol. The molecule has 0 saturated carbocycles. The number of rotatable bonds is 18. The van der Waals surface area contributed by atoms with Gasteiger partial charge < -0.3 is 39.3 Å². The van der Waals surface area contributed by atoms with Crippen LogP contribution in [0.15, 0.2) is 143 Å². The molecule has 0 amide bonds. The Bertz CT molecular complexity index is 3240. The highest BCUT2D eigenvalue weighted by Crippen LogP contribution is 2.55. The van der Waals surface area contributed by atoms with Crippen LogP contribution in [0, 0.1) is 12.8 Å². The number of carbonyl (C=O) groups is 1. The fourth-order valence-corrected chi connectivity index (χ4v) is 14.8. The second-order valence-corrected chi connectivity index (χ2v) is 25.6. The van der Waals surface area contributed by atoms with Gasteiger partial charge in [-0.15, -0.1) is 11.8 Å². The molecule has 0 bridgehead atoms. The number of aliphatic hydroxyl groups is 1. The molecule has 408 valence electrons. The number of nitrogens with zero attached hydrogens (tertiary/aromatic N) is 5. The van der Waals surface area contributed by atoms with E-state index in [0.717, 1.165) is 65.1 Å². The first-order chi connectivity index (χ1) is 36.9. The normalized spacial score (nSPS) is 18.2. The molecule has 5 aromatic carbocycles. The second kappa shape index (κ2) is 23.6. The van der Waals surface area contributed by atoms with E-state index in [-0.39, 0.29) is 41.7 Å². The molecule has 0 spiro atoms. The number of carboxylic acid groups (broad SMARTS) is 1. The topological polar surface area (TPSA) is 148 Å². The van der Waals surface area contributed by atoms with Gasteiger partial charge in [0.25, 0.3) is 9.84 Å². The second-order valence-electron chi connectivity index (χ2n) is 19.9. The number of aromatic carboxylic acids is 1. The molecule has 3 aliphatic rings. The largest absolute Gasteiger partial charge is 0.501 e. The van der Waals surface area contributed by atoms with Crippen molar-refractivity contribution in [3.8, 4) is 22.4 Å². The summed E-state index contributed by atoms with van der Waals surface area (Å²) in [5.41, 5.74) is 0.381. The van der Waals surface area contributed by atoms with E-state index < -0.39 is 39.8 Å². The molecule has 77 heavy (non-hydrogen) atoms. The molecule has 0 aliphatic carbocycles. The molecule has 3 aliphatic heterocycles. The summed E-state index contributed by atoms with van der Waals surface area (Å²) in [7, 11) is -10.2. The predicted octanol–water partition coefficient (Wildman–Crippen LogP) is 12.2. The first-order valence-electron chi connectivity index (χ1n) is 25.8. The van der Waals surface area contributed by atoms with Crippen LogP contribution in [0.5, 0.6) is 0 Å². The maximum atomic E-state index is 15.2. The third kappa shape index (κ3) is 12.1. The molecule has 6 aromatic rings. The van der Waals surface area contributed by atoms with Gasteiger partial charge >= 0.3 is 19.0 Å². The van der Waals surface area contributed by atoms with Crippen molar-refractivity contribution in [3.05, 3.63) is 150 Å². The third-order valence-corrected chi connectivity index (χ3v) is 20.0. The van der Waals surface area contributed by atoms with Crippen molar-refractivity contribution in [2.75, 3.05) is 84.5 Å². The molecule has 1 unspecified atom stereocenters. The van der Waals surface area contributed by atoms with Crippen LogP contribution >= 0.6 is 30.9 Å². The summed E-state index contributed by atoms with van der Waals surface area (Å²) in [5, 5.41) is 23.8. The SMILES string of the molecule is Cc1c(C(=O)O)c(-c2cccc(N3CCN(c4ccc(N5CC=CO[P@]5(=O)c5ccc(NC(CCN6CCC(CO)CC6)CSc6ccccc6)c(S(=O)(=O)C(F)(F)F)c5)cc4)CC3)c2)c(-c2ccc(Cl)cc2)n1C(C)C. The first-order valence-corrected chi connectivity index (χ1v) is 30.2. The summed E-state index contributed by atoms with van der Waals surface area (Å²) < 4.78 is 95.3. The van der Waals surface area contributed by atoms with Gasteiger partial charge in [0.1, 0.15) is 4.90 Å². The minimum absolute atomic E-state index is 0.0222. The summed E-state index contributed by atoms with van der Waals surface area (Å²) in [6, 6.07) is 35.3. The quantitative estimate of drug-likeness (QED) is 0.0554. The first kappa shape index (κ1) is 55.9. The van der Waals surface area contributed by atoms with Crippen molar-refractivity contribution < 1.29 is 45.7 Å². The Morgan fingerprint density at radius 3 is 2.14 bits per heavy atom. The maximum absolute atomic E-state index is 15.2. The van der Waals surface area contributed by atoms with Crippen molar-refractivity contribution in [2.24, 2.45) is 5.92 Å². The number of hydrogen-bond donors (Lipinski definition) is 3. The van der Waals surface area contributed by atoms with Crippen LogP contribution in [-0.4, -0.2) is 110 Å². The standard InChI is InChI=1S/C57H63ClF3N6O7PS2/c1-39(2)67-40(3)53(56(69)70)54(55(67)42-13-15-44(58)16-14-42)43-9-7-10-48(35-43)65-32-30-64(31-33-65)46-17-19-47(20-18-46)66-26-8-34-74-75(66,71)49-21-22-51(52(36-49)77(72,73)57(59,60)61)62-45(38-76-50-11-5-4-6-12-50)25-29-63-27-23-41(37-68)24-28-63/h4-22,34-36,39,41,45,62,68H,23-33,37-38H2,1-3H3,(H,69,70)/t45?,75-/m1/s1. The minimum Gasteiger partial charge on any atom is -0.478 e. The fraction of sp³-hybridized carbons (Fsp3) is 0.351. The molecule has 3 N–H and O–H groups in total. The predicted molar refractivity (Wildman–Crippen MR) is 303 cm³/mol. The Labute approximate surface area is 457 Å². The lowest BCUT2D eigenvalue weighted by atomic mass is 9.96. The summed E-state index contributed by atoms with van der Waals surface area (Å²) in [4.78, 5) is 19.6. The van der Waals surface area contributed by atoms with E-state index in [9.17, 15) is 36.6 Å². The van der Waals surface area contributed by atoms with Gasteiger partial charge in [0.05, 0.1) is 28.5 Å². The van der Waals surface area contributed by atoms with Gasteiger partial charge in [-0.2, -0.15) is 13.2 Å². The monoisotopic (exact) mass is 1130 g/mol. The molecule has 2 atom stereocenters. The fourth-order valence-electron chi connectivity index (χ4n) is 10.6. The van der Waals surface area contributed by atoms with E-state index in [0.29, 0.717) is 66.9 Å². The van der Waals surface area contributed by atoms with Crippen LogP contribution < -0.4 is 25.1 Å². The Morgan fingerprint density at radius 2 is 1.51 bits per heavy atom. The molecule has 20 heteroatoms. The number of aliphatic hydroxyl groups excluding tert-OH is 1. The summed E-state index contributed by atoms with van der Waals surface area (Å²) in [6.07, 6.45) is 5.03. The lowest BCUT2D eigenvalue weighted by Crippen LogP contribution is -2.46. The van der Waals surface area contributed by atoms with Crippen molar-refractivity contribution in [1.29, 1.82) is 0 Å². The van der Waals surface area contributed by atoms with Crippen LogP contribution in [0.2, 0.25) is 5.02 Å². The number of benzene rings is 5. The smallest absolute Gasteiger partial charge is 0.478 e. The summed E-state index contributed by atoms with van der Waals surface area (Å²) in [5.74, 6) is -0.356. The number of carboxylic acids is 1. The summed E-state index contributed by atoms with van der Waals surface area (Å²) >= 11 is 7.78. The number of aromatic nitrogens is 1. The Kier molecular flexibility index (Phi) is 17.1. The van der Waals surface area contributed by atoms with E-state index in [4.69, 9.17) is 16.1 Å². The zero-order chi connectivity index (χ0) is 54.6. The molecule has 2 fully saturated rings. The highest BCUT2D eigenvalue weighted by Gasteiger charge is 2.49. The molecular formula is C57H63ClF3N6O7PS2. The number of hydrogen-bond acceptors (Lipinski definition) is 11. The Hall–Kier alpha value is -5.88. The minimum atomic E-state index is -5.96. The van der Waals surface area contributed by atoms with Crippen molar-refractivity contribution in [1.82, 2.24) is 9.47 Å². The lowest BCUT2D eigenvalue weighted by Gasteiger charge is -2.38. The van der Waals surface area contributed by atoms with E-state index in [1.807, 2.05) is 99.6 Å². The van der Waals surface area contributed by atoms with Crippen LogP contribution in [0.4, 0.5) is 35.9 Å². The number of alkyl halides is 3. The number of nitrogens with one attached hydrogen (secondary N) is 1. The maximum Gasteiger partial charge on any atom is 0.501 e. The van der Waals surface area contributed by atoms with Gasteiger partial charge in [-0.05, 0) is 155 Å². The highest BCUT2D eigenvalue weighted by molar-refractivity contribution is 7.99. The molecule has 13 nitrogen and oxygen atoms in total. The van der Waals surface area contributed by atoms with Crippen molar-refractivity contribution in [2.45, 2.75) is 67.4 Å². The van der Waals surface area contributed by atoms with E-state index in [2.05, 4.69) is 24.6 Å². The number of thioether (sulfide) groups is 1. The molecule has 9 rings (SSSR count). The Balaban J connectivity index is 0.933. The van der Waals surface area contributed by atoms with Crippen LogP contribution in [-0.2, 0) is 18.9 Å². The van der Waals surface area contributed by atoms with Gasteiger partial charge in [0.2, 0.25) is 0 Å². The lowest BCUT2D eigenvalue weighted by molar-refractivity contribution is -0.0435. The summed E-state index contributed by atoms with van der Waals surface area (Å²) in [6.45, 7) is 10.8. The number of halogens is 4. The van der Waals surface area contributed by atoms with Crippen LogP contribution in [0.3, 0.4) is 0 Å². The zero-order valence-electron chi connectivity index (χ0n) is 43.1. The van der Waals surface area contributed by atoms with Crippen LogP contribution in [0.1, 0.15) is 55.2 Å². The number of likely N-dealkylation sites (tertiary alicyclic amines) is 1. The van der Waals surface area contributed by atoms with Gasteiger partial charge in [-0.1, -0.05) is 54.1 Å². The van der Waals surface area contributed by atoms with Crippen LogP contribution in [0.25, 0.3) is 22.4 Å². The Morgan fingerprint density at radius 1 is 0.844 bits per heavy atom. The van der Waals surface area contributed by atoms with Gasteiger partial charge in [-0.25, -0.2) is 17.8 Å².